The predicted molar refractivity (Wildman–Crippen MR) is 83.2 cm³/mol. The third-order valence-electron chi connectivity index (χ3n) is 3.48. The molecule has 114 valence electrons. The molecule has 0 aromatic carbocycles. The first-order valence-corrected chi connectivity index (χ1v) is 8.80. The molecular weight excluding hydrogens is 272 g/mol. The highest BCUT2D eigenvalue weighted by molar-refractivity contribution is 7.99. The fourth-order valence-electron chi connectivity index (χ4n) is 2.44. The SMILES string of the molecule is CCCNC(Cc1ncnn1CCC)C1CSCCO1. The second-order valence-electron chi connectivity index (χ2n) is 5.15. The Bertz CT molecular complexity index is 379. The highest BCUT2D eigenvalue weighted by Gasteiger charge is 2.26. The fraction of sp³-hybridized carbons (Fsp3) is 0.857. The summed E-state index contributed by atoms with van der Waals surface area (Å²) in [6.45, 7) is 7.19. The van der Waals surface area contributed by atoms with Crippen molar-refractivity contribution in [1.29, 1.82) is 0 Å². The summed E-state index contributed by atoms with van der Waals surface area (Å²) < 4.78 is 7.97. The van der Waals surface area contributed by atoms with Crippen LogP contribution in [-0.2, 0) is 17.7 Å². The summed E-state index contributed by atoms with van der Waals surface area (Å²) in [5.74, 6) is 3.26. The Morgan fingerprint density at radius 3 is 3.10 bits per heavy atom. The number of aryl methyl sites for hydroxylation is 1. The topological polar surface area (TPSA) is 52.0 Å². The molecule has 2 unspecified atom stereocenters. The molecule has 1 fully saturated rings. The van der Waals surface area contributed by atoms with Gasteiger partial charge in [0.25, 0.3) is 0 Å². The second kappa shape index (κ2) is 8.64. The van der Waals surface area contributed by atoms with Crippen LogP contribution in [-0.4, -0.2) is 51.6 Å². The molecule has 0 saturated carbocycles. The minimum atomic E-state index is 0.284. The van der Waals surface area contributed by atoms with Gasteiger partial charge in [-0.1, -0.05) is 13.8 Å². The van der Waals surface area contributed by atoms with E-state index >= 15 is 0 Å². The fourth-order valence-corrected chi connectivity index (χ4v) is 3.39. The summed E-state index contributed by atoms with van der Waals surface area (Å²) in [4.78, 5) is 4.43. The average Bonchev–Trinajstić information content (AvgIpc) is 2.92. The zero-order valence-electron chi connectivity index (χ0n) is 12.5. The van der Waals surface area contributed by atoms with E-state index in [1.54, 1.807) is 6.33 Å². The number of nitrogens with zero attached hydrogens (tertiary/aromatic N) is 3. The molecule has 0 aliphatic carbocycles. The molecule has 1 aromatic heterocycles. The normalized spacial score (nSPS) is 21.0. The van der Waals surface area contributed by atoms with Crippen LogP contribution in [0.2, 0.25) is 0 Å². The van der Waals surface area contributed by atoms with Gasteiger partial charge in [0.1, 0.15) is 12.2 Å². The lowest BCUT2D eigenvalue weighted by molar-refractivity contribution is 0.0464. The van der Waals surface area contributed by atoms with Gasteiger partial charge in [-0.15, -0.1) is 0 Å². The standard InChI is InChI=1S/C14H26N4OS/c1-3-5-15-12(13-10-20-8-7-19-13)9-14-16-11-17-18(14)6-4-2/h11-13,15H,3-10H2,1-2H3. The summed E-state index contributed by atoms with van der Waals surface area (Å²) in [5.41, 5.74) is 0. The van der Waals surface area contributed by atoms with Gasteiger partial charge in [-0.2, -0.15) is 16.9 Å². The van der Waals surface area contributed by atoms with E-state index in [4.69, 9.17) is 4.74 Å². The molecule has 2 heterocycles. The molecule has 5 nitrogen and oxygen atoms in total. The van der Waals surface area contributed by atoms with Crippen molar-refractivity contribution in [1.82, 2.24) is 20.1 Å². The summed E-state index contributed by atoms with van der Waals surface area (Å²) >= 11 is 1.98. The largest absolute Gasteiger partial charge is 0.375 e. The van der Waals surface area contributed by atoms with Gasteiger partial charge in [0.2, 0.25) is 0 Å². The molecule has 1 aliphatic heterocycles. The van der Waals surface area contributed by atoms with Crippen molar-refractivity contribution in [3.63, 3.8) is 0 Å². The average molecular weight is 298 g/mol. The van der Waals surface area contributed by atoms with Crippen molar-refractivity contribution in [3.05, 3.63) is 12.2 Å². The Morgan fingerprint density at radius 1 is 1.50 bits per heavy atom. The quantitative estimate of drug-likeness (QED) is 0.792. The van der Waals surface area contributed by atoms with Crippen LogP contribution in [0.1, 0.15) is 32.5 Å². The minimum absolute atomic E-state index is 0.284. The van der Waals surface area contributed by atoms with E-state index in [1.807, 2.05) is 16.4 Å². The Labute approximate surface area is 125 Å². The van der Waals surface area contributed by atoms with Crippen LogP contribution in [0.4, 0.5) is 0 Å². The van der Waals surface area contributed by atoms with Crippen molar-refractivity contribution in [3.8, 4) is 0 Å². The van der Waals surface area contributed by atoms with Crippen LogP contribution < -0.4 is 5.32 Å². The maximum absolute atomic E-state index is 5.94. The molecule has 20 heavy (non-hydrogen) atoms. The maximum atomic E-state index is 5.94. The van der Waals surface area contributed by atoms with E-state index < -0.39 is 0 Å². The van der Waals surface area contributed by atoms with Crippen molar-refractivity contribution >= 4 is 11.8 Å². The van der Waals surface area contributed by atoms with Crippen molar-refractivity contribution < 1.29 is 4.74 Å². The van der Waals surface area contributed by atoms with E-state index in [0.717, 1.165) is 56.3 Å². The Hall–Kier alpha value is -0.590. The van der Waals surface area contributed by atoms with Gasteiger partial charge in [-0.25, -0.2) is 4.98 Å². The van der Waals surface area contributed by atoms with Gasteiger partial charge in [-0.05, 0) is 19.4 Å². The van der Waals surface area contributed by atoms with Crippen molar-refractivity contribution in [2.45, 2.75) is 51.8 Å². The lowest BCUT2D eigenvalue weighted by Crippen LogP contribution is -2.47. The van der Waals surface area contributed by atoms with E-state index in [9.17, 15) is 0 Å². The highest BCUT2D eigenvalue weighted by atomic mass is 32.2. The number of rotatable bonds is 8. The molecule has 0 radical (unpaired) electrons. The van der Waals surface area contributed by atoms with Crippen LogP contribution in [0.5, 0.6) is 0 Å². The molecule has 0 spiro atoms. The molecule has 2 atom stereocenters. The van der Waals surface area contributed by atoms with Crippen LogP contribution >= 0.6 is 11.8 Å². The maximum Gasteiger partial charge on any atom is 0.138 e. The Kier molecular flexibility index (Phi) is 6.82. The van der Waals surface area contributed by atoms with Crippen LogP contribution in [0.3, 0.4) is 0 Å². The third kappa shape index (κ3) is 4.46. The monoisotopic (exact) mass is 298 g/mol. The first kappa shape index (κ1) is 15.8. The van der Waals surface area contributed by atoms with Crippen molar-refractivity contribution in [2.24, 2.45) is 0 Å². The zero-order valence-corrected chi connectivity index (χ0v) is 13.4. The molecular formula is C14H26N4OS. The number of aromatic nitrogens is 3. The molecule has 0 amide bonds. The van der Waals surface area contributed by atoms with Gasteiger partial charge in [-0.3, -0.25) is 4.68 Å². The molecule has 1 aliphatic rings. The molecule has 1 saturated heterocycles. The number of thioether (sulfide) groups is 1. The minimum Gasteiger partial charge on any atom is -0.375 e. The Morgan fingerprint density at radius 2 is 2.40 bits per heavy atom. The second-order valence-corrected chi connectivity index (χ2v) is 6.30. The Balaban J connectivity index is 1.99. The molecule has 1 aromatic rings. The summed E-state index contributed by atoms with van der Waals surface area (Å²) in [6, 6.07) is 0.336. The van der Waals surface area contributed by atoms with Gasteiger partial charge >= 0.3 is 0 Å². The van der Waals surface area contributed by atoms with E-state index in [0.29, 0.717) is 6.04 Å². The molecule has 2 rings (SSSR count). The first-order valence-electron chi connectivity index (χ1n) is 7.64. The van der Waals surface area contributed by atoms with Crippen LogP contribution in [0, 0.1) is 0 Å². The molecule has 1 N–H and O–H groups in total. The molecule has 0 bridgehead atoms. The summed E-state index contributed by atoms with van der Waals surface area (Å²) in [6.07, 6.45) is 5.06. The predicted octanol–water partition coefficient (Wildman–Crippen LogP) is 1.73. The van der Waals surface area contributed by atoms with Gasteiger partial charge in [0.15, 0.2) is 0 Å². The first-order chi connectivity index (χ1) is 9.85. The number of hydrogen-bond acceptors (Lipinski definition) is 5. The smallest absolute Gasteiger partial charge is 0.138 e. The van der Waals surface area contributed by atoms with Crippen LogP contribution in [0.25, 0.3) is 0 Å². The lowest BCUT2D eigenvalue weighted by atomic mass is 10.1. The highest BCUT2D eigenvalue weighted by Crippen LogP contribution is 2.17. The number of ether oxygens (including phenoxy) is 1. The van der Waals surface area contributed by atoms with E-state index in [2.05, 4.69) is 29.2 Å². The van der Waals surface area contributed by atoms with E-state index in [1.165, 1.54) is 0 Å². The van der Waals surface area contributed by atoms with Crippen LogP contribution in [0.15, 0.2) is 6.33 Å². The number of hydrogen-bond donors (Lipinski definition) is 1. The summed E-state index contributed by atoms with van der Waals surface area (Å²) in [5, 5.41) is 7.94. The van der Waals surface area contributed by atoms with E-state index in [-0.39, 0.29) is 6.10 Å². The van der Waals surface area contributed by atoms with Crippen molar-refractivity contribution in [2.75, 3.05) is 24.7 Å². The van der Waals surface area contributed by atoms with Gasteiger partial charge in [0, 0.05) is 30.5 Å². The lowest BCUT2D eigenvalue weighted by Gasteiger charge is -2.30. The molecule has 6 heteroatoms. The van der Waals surface area contributed by atoms with Gasteiger partial charge < -0.3 is 10.1 Å². The van der Waals surface area contributed by atoms with Gasteiger partial charge in [0.05, 0.1) is 12.7 Å². The number of nitrogens with one attached hydrogen (secondary N) is 1. The summed E-state index contributed by atoms with van der Waals surface area (Å²) in [7, 11) is 0. The third-order valence-corrected chi connectivity index (χ3v) is 4.50. The zero-order chi connectivity index (χ0) is 14.2.